The van der Waals surface area contributed by atoms with Crippen molar-refractivity contribution in [1.29, 1.82) is 0 Å². The number of hydrogen-bond donors (Lipinski definition) is 2. The van der Waals surface area contributed by atoms with Crippen LogP contribution in [0.15, 0.2) is 54.7 Å². The minimum absolute atomic E-state index is 0.0442. The van der Waals surface area contributed by atoms with E-state index in [4.69, 9.17) is 0 Å². The fourth-order valence-electron chi connectivity index (χ4n) is 2.84. The molecular formula is C21H20F3N5O2. The molecule has 3 aromatic rings. The maximum Gasteiger partial charge on any atom is 0.421 e. The summed E-state index contributed by atoms with van der Waals surface area (Å²) in [5, 5.41) is 16.3. The fraction of sp³-hybridized carbons (Fsp3) is 0.238. The lowest BCUT2D eigenvalue weighted by Crippen LogP contribution is -2.12. The van der Waals surface area contributed by atoms with Gasteiger partial charge in [0, 0.05) is 29.7 Å². The number of benzene rings is 2. The zero-order chi connectivity index (χ0) is 22.6. The van der Waals surface area contributed by atoms with Crippen LogP contribution in [0.5, 0.6) is 0 Å². The normalized spacial score (nSPS) is 12.3. The summed E-state index contributed by atoms with van der Waals surface area (Å²) in [5.41, 5.74) is 0.522. The van der Waals surface area contributed by atoms with E-state index >= 15 is 0 Å². The third kappa shape index (κ3) is 5.47. The monoisotopic (exact) mass is 431 g/mol. The lowest BCUT2D eigenvalue weighted by atomic mass is 9.99. The van der Waals surface area contributed by atoms with Crippen molar-refractivity contribution in [3.8, 4) is 0 Å². The summed E-state index contributed by atoms with van der Waals surface area (Å²) >= 11 is 0. The number of aromatic nitrogens is 2. The molecular weight excluding hydrogens is 411 g/mol. The second-order valence-electron chi connectivity index (χ2n) is 6.94. The molecule has 0 bridgehead atoms. The number of rotatable bonds is 7. The topological polar surface area (TPSA) is 93.0 Å². The number of nitrogens with one attached hydrogen (secondary N) is 2. The molecule has 1 aromatic heterocycles. The van der Waals surface area contributed by atoms with E-state index in [2.05, 4.69) is 34.4 Å². The van der Waals surface area contributed by atoms with Crippen molar-refractivity contribution < 1.29 is 18.1 Å². The van der Waals surface area contributed by atoms with E-state index in [0.717, 1.165) is 18.1 Å². The van der Waals surface area contributed by atoms with Crippen molar-refractivity contribution in [3.63, 3.8) is 0 Å². The summed E-state index contributed by atoms with van der Waals surface area (Å²) in [7, 11) is 0. The number of anilines is 4. The molecule has 2 N–H and O–H groups in total. The smallest absolute Gasteiger partial charge is 0.339 e. The lowest BCUT2D eigenvalue weighted by molar-refractivity contribution is -0.384. The molecule has 1 unspecified atom stereocenters. The Hall–Kier alpha value is -3.69. The average molecular weight is 431 g/mol. The third-order valence-electron chi connectivity index (χ3n) is 4.76. The second kappa shape index (κ2) is 8.99. The average Bonchev–Trinajstić information content (AvgIpc) is 2.73. The minimum atomic E-state index is -4.71. The number of alkyl halides is 3. The number of nitro groups is 1. The highest BCUT2D eigenvalue weighted by Crippen LogP contribution is 2.35. The molecule has 7 nitrogen and oxygen atoms in total. The van der Waals surface area contributed by atoms with Crippen molar-refractivity contribution in [2.45, 2.75) is 32.4 Å². The molecule has 1 heterocycles. The predicted molar refractivity (Wildman–Crippen MR) is 112 cm³/mol. The van der Waals surface area contributed by atoms with Crippen LogP contribution in [0.4, 0.5) is 42.0 Å². The Kier molecular flexibility index (Phi) is 6.38. The summed E-state index contributed by atoms with van der Waals surface area (Å²) in [6.45, 7) is 4.19. The largest absolute Gasteiger partial charge is 0.421 e. The van der Waals surface area contributed by atoms with Gasteiger partial charge in [0.1, 0.15) is 11.4 Å². The van der Waals surface area contributed by atoms with Crippen LogP contribution >= 0.6 is 0 Å². The summed E-state index contributed by atoms with van der Waals surface area (Å²) in [6.07, 6.45) is -3.05. The lowest BCUT2D eigenvalue weighted by Gasteiger charge is -2.15. The zero-order valence-corrected chi connectivity index (χ0v) is 16.8. The van der Waals surface area contributed by atoms with Crippen LogP contribution in [-0.2, 0) is 6.18 Å². The summed E-state index contributed by atoms with van der Waals surface area (Å²) < 4.78 is 40.3. The van der Waals surface area contributed by atoms with E-state index in [-0.39, 0.29) is 17.3 Å². The molecule has 162 valence electrons. The number of non-ortho nitro benzene ring substituents is 1. The molecule has 0 aliphatic rings. The summed E-state index contributed by atoms with van der Waals surface area (Å²) in [5.74, 6) is -0.166. The van der Waals surface area contributed by atoms with Gasteiger partial charge < -0.3 is 10.6 Å². The first-order valence-electron chi connectivity index (χ1n) is 9.50. The van der Waals surface area contributed by atoms with Crippen molar-refractivity contribution >= 4 is 28.8 Å². The molecule has 31 heavy (non-hydrogen) atoms. The SMILES string of the molecule is CCC(C)c1ccc(Nc2ncc(C(F)(F)F)c(Nc3cccc([N+](=O)[O-])c3)n2)cc1. The second-order valence-corrected chi connectivity index (χ2v) is 6.94. The van der Waals surface area contributed by atoms with Crippen molar-refractivity contribution in [3.05, 3.63) is 76.0 Å². The number of halogens is 3. The molecule has 0 amide bonds. The molecule has 0 saturated heterocycles. The van der Waals surface area contributed by atoms with Gasteiger partial charge in [-0.15, -0.1) is 0 Å². The molecule has 0 aliphatic heterocycles. The van der Waals surface area contributed by atoms with Crippen LogP contribution in [0.1, 0.15) is 37.3 Å². The van der Waals surface area contributed by atoms with Gasteiger partial charge in [-0.2, -0.15) is 18.2 Å². The van der Waals surface area contributed by atoms with Crippen molar-refractivity contribution in [2.24, 2.45) is 0 Å². The highest BCUT2D eigenvalue weighted by molar-refractivity contribution is 5.64. The summed E-state index contributed by atoms with van der Waals surface area (Å²) in [4.78, 5) is 18.0. The molecule has 3 rings (SSSR count). The Labute approximate surface area is 176 Å². The standard InChI is InChI=1S/C21H20F3N5O2/c1-3-13(2)14-7-9-15(10-8-14)27-20-25-12-18(21(22,23)24)19(28-20)26-16-5-4-6-17(11-16)29(30)31/h4-13H,3H2,1-2H3,(H2,25,26,27,28). The Bertz CT molecular complexity index is 1070. The van der Waals surface area contributed by atoms with E-state index in [9.17, 15) is 23.3 Å². The predicted octanol–water partition coefficient (Wildman–Crippen LogP) is 6.40. The maximum absolute atomic E-state index is 13.4. The van der Waals surface area contributed by atoms with E-state index in [1.54, 1.807) is 12.1 Å². The molecule has 0 radical (unpaired) electrons. The highest BCUT2D eigenvalue weighted by atomic mass is 19.4. The Morgan fingerprint density at radius 1 is 1.10 bits per heavy atom. The van der Waals surface area contributed by atoms with Crippen LogP contribution in [0.3, 0.4) is 0 Å². The Morgan fingerprint density at radius 2 is 1.81 bits per heavy atom. The van der Waals surface area contributed by atoms with E-state index in [1.807, 2.05) is 12.1 Å². The molecule has 0 aliphatic carbocycles. The van der Waals surface area contributed by atoms with Gasteiger partial charge in [-0.3, -0.25) is 10.1 Å². The maximum atomic E-state index is 13.4. The van der Waals surface area contributed by atoms with Crippen molar-refractivity contribution in [1.82, 2.24) is 9.97 Å². The molecule has 0 saturated carbocycles. The first-order valence-corrected chi connectivity index (χ1v) is 9.50. The first-order chi connectivity index (χ1) is 14.7. The van der Waals surface area contributed by atoms with Gasteiger partial charge in [0.25, 0.3) is 5.69 Å². The highest BCUT2D eigenvalue weighted by Gasteiger charge is 2.35. The fourth-order valence-corrected chi connectivity index (χ4v) is 2.84. The molecule has 0 fully saturated rings. The van der Waals surface area contributed by atoms with Crippen LogP contribution in [0, 0.1) is 10.1 Å². The third-order valence-corrected chi connectivity index (χ3v) is 4.76. The van der Waals surface area contributed by atoms with Crippen molar-refractivity contribution in [2.75, 3.05) is 10.6 Å². The molecule has 2 aromatic carbocycles. The van der Waals surface area contributed by atoms with Crippen LogP contribution in [0.2, 0.25) is 0 Å². The van der Waals surface area contributed by atoms with Gasteiger partial charge in [-0.1, -0.05) is 32.0 Å². The van der Waals surface area contributed by atoms with Crippen LogP contribution < -0.4 is 10.6 Å². The van der Waals surface area contributed by atoms with E-state index in [0.29, 0.717) is 17.8 Å². The molecule has 0 spiro atoms. The number of hydrogen-bond acceptors (Lipinski definition) is 6. The van der Waals surface area contributed by atoms with Gasteiger partial charge in [0.15, 0.2) is 0 Å². The summed E-state index contributed by atoms with van der Waals surface area (Å²) in [6, 6.07) is 12.6. The van der Waals surface area contributed by atoms with Gasteiger partial charge in [0.2, 0.25) is 5.95 Å². The quantitative estimate of drug-likeness (QED) is 0.332. The minimum Gasteiger partial charge on any atom is -0.339 e. The van der Waals surface area contributed by atoms with E-state index < -0.39 is 22.5 Å². The van der Waals surface area contributed by atoms with Crippen LogP contribution in [0.25, 0.3) is 0 Å². The van der Waals surface area contributed by atoms with Gasteiger partial charge in [-0.05, 0) is 36.1 Å². The van der Waals surface area contributed by atoms with Gasteiger partial charge >= 0.3 is 6.18 Å². The van der Waals surface area contributed by atoms with E-state index in [1.165, 1.54) is 18.2 Å². The van der Waals surface area contributed by atoms with Gasteiger partial charge in [-0.25, -0.2) is 4.98 Å². The Balaban J connectivity index is 1.90. The van der Waals surface area contributed by atoms with Crippen LogP contribution in [-0.4, -0.2) is 14.9 Å². The first kappa shape index (κ1) is 22.0. The zero-order valence-electron chi connectivity index (χ0n) is 16.8. The number of nitrogens with zero attached hydrogens (tertiary/aromatic N) is 3. The number of nitro benzene ring substituents is 1. The van der Waals surface area contributed by atoms with Gasteiger partial charge in [0.05, 0.1) is 4.92 Å². The molecule has 1 atom stereocenters. The Morgan fingerprint density at radius 3 is 2.42 bits per heavy atom. The molecule has 10 heteroatoms.